The quantitative estimate of drug-likeness (QED) is 0.759. The van der Waals surface area contributed by atoms with Crippen LogP contribution in [0.25, 0.3) is 10.9 Å². The average Bonchev–Trinajstić information content (AvgIpc) is 2.56. The van der Waals surface area contributed by atoms with E-state index in [9.17, 15) is 4.79 Å². The predicted molar refractivity (Wildman–Crippen MR) is 73.5 cm³/mol. The van der Waals surface area contributed by atoms with Gasteiger partial charge in [0.15, 0.2) is 0 Å². The van der Waals surface area contributed by atoms with Crippen molar-refractivity contribution in [3.05, 3.63) is 22.8 Å². The van der Waals surface area contributed by atoms with Gasteiger partial charge in [-0.05, 0) is 48.8 Å². The third kappa shape index (κ3) is 2.33. The van der Waals surface area contributed by atoms with Gasteiger partial charge in [0.05, 0.1) is 5.69 Å². The maximum Gasteiger partial charge on any atom is 0.435 e. The van der Waals surface area contributed by atoms with Gasteiger partial charge in [0.2, 0.25) is 0 Å². The Morgan fingerprint density at radius 2 is 2.11 bits per heavy atom. The number of benzene rings is 1. The van der Waals surface area contributed by atoms with Crippen LogP contribution in [0.15, 0.2) is 22.8 Å². The van der Waals surface area contributed by atoms with E-state index in [0.29, 0.717) is 15.8 Å². The van der Waals surface area contributed by atoms with E-state index in [1.807, 2.05) is 12.1 Å². The number of nitrogens with two attached hydrogens (primary N) is 1. The first kappa shape index (κ1) is 12.9. The molecule has 0 atom stereocenters. The Morgan fingerprint density at radius 1 is 1.44 bits per heavy atom. The number of hydrogen-bond donors (Lipinski definition) is 1. The second kappa shape index (κ2) is 4.28. The smallest absolute Gasteiger partial charge is 0.435 e. The van der Waals surface area contributed by atoms with E-state index in [1.54, 1.807) is 26.8 Å². The van der Waals surface area contributed by atoms with E-state index in [-0.39, 0.29) is 0 Å². The zero-order valence-corrected chi connectivity index (χ0v) is 12.0. The number of nitrogen functional groups attached to an aromatic ring is 1. The number of rotatable bonds is 0. The Bertz CT molecular complexity index is 614. The fourth-order valence-corrected chi connectivity index (χ4v) is 2.07. The molecule has 2 rings (SSSR count). The lowest BCUT2D eigenvalue weighted by Gasteiger charge is -2.19. The van der Waals surface area contributed by atoms with Crippen LogP contribution >= 0.6 is 15.9 Å². The summed E-state index contributed by atoms with van der Waals surface area (Å²) >= 11 is 3.30. The van der Waals surface area contributed by atoms with Gasteiger partial charge >= 0.3 is 6.09 Å². The fraction of sp³-hybridized carbons (Fsp3) is 0.333. The maximum atomic E-state index is 12.0. The topological polar surface area (TPSA) is 70.1 Å². The predicted octanol–water partition coefficient (Wildman–Crippen LogP) is 3.16. The van der Waals surface area contributed by atoms with Crippen molar-refractivity contribution in [3.63, 3.8) is 0 Å². The molecule has 1 heterocycles. The van der Waals surface area contributed by atoms with Gasteiger partial charge in [0.1, 0.15) is 15.7 Å². The maximum absolute atomic E-state index is 12.0. The summed E-state index contributed by atoms with van der Waals surface area (Å²) in [6.07, 6.45) is -0.545. The van der Waals surface area contributed by atoms with Crippen molar-refractivity contribution >= 4 is 38.6 Å². The summed E-state index contributed by atoms with van der Waals surface area (Å²) in [6.45, 7) is 5.40. The highest BCUT2D eigenvalue weighted by molar-refractivity contribution is 9.10. The summed E-state index contributed by atoms with van der Waals surface area (Å²) in [6, 6.07) is 5.37. The molecule has 5 nitrogen and oxygen atoms in total. The van der Waals surface area contributed by atoms with Crippen LogP contribution in [0.4, 0.5) is 10.5 Å². The Kier molecular flexibility index (Phi) is 3.06. The molecule has 0 saturated carbocycles. The van der Waals surface area contributed by atoms with Crippen molar-refractivity contribution in [2.24, 2.45) is 0 Å². The highest BCUT2D eigenvalue weighted by atomic mass is 79.9. The molecule has 0 amide bonds. The summed E-state index contributed by atoms with van der Waals surface area (Å²) in [5, 5.41) is 4.89. The number of hydrogen-bond acceptors (Lipinski definition) is 4. The molecule has 6 heteroatoms. The average molecular weight is 312 g/mol. The normalized spacial score (nSPS) is 11.8. The van der Waals surface area contributed by atoms with E-state index in [1.165, 1.54) is 4.68 Å². The largest absolute Gasteiger partial charge is 0.442 e. The van der Waals surface area contributed by atoms with Crippen LogP contribution < -0.4 is 5.73 Å². The second-order valence-electron chi connectivity index (χ2n) is 4.93. The number of anilines is 1. The van der Waals surface area contributed by atoms with Crippen molar-refractivity contribution in [1.29, 1.82) is 0 Å². The van der Waals surface area contributed by atoms with Crippen molar-refractivity contribution in [3.8, 4) is 0 Å². The molecule has 18 heavy (non-hydrogen) atoms. The number of fused-ring (bicyclic) bond motifs is 1. The van der Waals surface area contributed by atoms with Crippen LogP contribution in [0, 0.1) is 0 Å². The van der Waals surface area contributed by atoms with Gasteiger partial charge in [-0.25, -0.2) is 4.79 Å². The van der Waals surface area contributed by atoms with Gasteiger partial charge in [-0.2, -0.15) is 9.78 Å². The Labute approximate surface area is 113 Å². The molecule has 1 aromatic carbocycles. The molecule has 0 aliphatic heterocycles. The molecule has 0 radical (unpaired) electrons. The lowest BCUT2D eigenvalue weighted by Crippen LogP contribution is -2.27. The van der Waals surface area contributed by atoms with Crippen LogP contribution in [0.2, 0.25) is 0 Å². The fourth-order valence-electron chi connectivity index (χ4n) is 1.59. The number of carbonyl (C=O) groups is 1. The molecule has 1 aromatic heterocycles. The first-order valence-electron chi connectivity index (χ1n) is 5.45. The number of halogens is 1. The van der Waals surface area contributed by atoms with Crippen LogP contribution in [0.1, 0.15) is 20.8 Å². The Hall–Kier alpha value is -1.56. The summed E-state index contributed by atoms with van der Waals surface area (Å²) < 4.78 is 7.03. The summed E-state index contributed by atoms with van der Waals surface area (Å²) in [5.41, 5.74) is 6.34. The molecule has 0 bridgehead atoms. The minimum absolute atomic E-state index is 0.483. The van der Waals surface area contributed by atoms with E-state index in [4.69, 9.17) is 10.5 Å². The number of ether oxygens (including phenoxy) is 1. The van der Waals surface area contributed by atoms with E-state index >= 15 is 0 Å². The van der Waals surface area contributed by atoms with Gasteiger partial charge in [0.25, 0.3) is 0 Å². The molecule has 0 aliphatic rings. The number of carbonyl (C=O) groups excluding carboxylic acids is 1. The van der Waals surface area contributed by atoms with Crippen LogP contribution in [-0.4, -0.2) is 21.5 Å². The van der Waals surface area contributed by atoms with Gasteiger partial charge in [0, 0.05) is 5.39 Å². The summed E-state index contributed by atoms with van der Waals surface area (Å²) in [7, 11) is 0. The lowest BCUT2D eigenvalue weighted by molar-refractivity contribution is 0.0522. The standard InChI is InChI=1S/C12H14BrN3O2/c1-12(2,3)18-11(17)16-9-7(10(13)15-16)5-4-6-8(9)14/h4-6H,14H2,1-3H3. The van der Waals surface area contributed by atoms with Crippen LogP contribution in [-0.2, 0) is 4.74 Å². The van der Waals surface area contributed by atoms with E-state index < -0.39 is 11.7 Å². The van der Waals surface area contributed by atoms with Gasteiger partial charge in [-0.3, -0.25) is 0 Å². The summed E-state index contributed by atoms with van der Waals surface area (Å²) in [4.78, 5) is 12.0. The molecule has 0 saturated heterocycles. The van der Waals surface area contributed by atoms with Crippen LogP contribution in [0.5, 0.6) is 0 Å². The SMILES string of the molecule is CC(C)(C)OC(=O)n1nc(Br)c2cccc(N)c21. The Balaban J connectivity index is 2.55. The number of para-hydroxylation sites is 1. The molecule has 0 spiro atoms. The van der Waals surface area contributed by atoms with Crippen LogP contribution in [0.3, 0.4) is 0 Å². The van der Waals surface area contributed by atoms with Gasteiger partial charge < -0.3 is 10.5 Å². The van der Waals surface area contributed by atoms with Gasteiger partial charge in [-0.15, -0.1) is 0 Å². The number of aromatic nitrogens is 2. The summed E-state index contributed by atoms with van der Waals surface area (Å²) in [5.74, 6) is 0. The third-order valence-corrected chi connectivity index (χ3v) is 2.84. The molecular formula is C12H14BrN3O2. The molecule has 96 valence electrons. The molecule has 2 N–H and O–H groups in total. The van der Waals surface area contributed by atoms with Crippen molar-refractivity contribution in [2.75, 3.05) is 5.73 Å². The zero-order valence-electron chi connectivity index (χ0n) is 10.4. The number of nitrogens with zero attached hydrogens (tertiary/aromatic N) is 2. The van der Waals surface area contributed by atoms with E-state index in [0.717, 1.165) is 5.39 Å². The molecule has 0 unspecified atom stereocenters. The van der Waals surface area contributed by atoms with Crippen molar-refractivity contribution in [1.82, 2.24) is 9.78 Å². The first-order valence-corrected chi connectivity index (χ1v) is 6.25. The molecular weight excluding hydrogens is 298 g/mol. The minimum Gasteiger partial charge on any atom is -0.442 e. The molecule has 0 fully saturated rings. The van der Waals surface area contributed by atoms with Gasteiger partial charge in [-0.1, -0.05) is 6.07 Å². The monoisotopic (exact) mass is 311 g/mol. The second-order valence-corrected chi connectivity index (χ2v) is 5.68. The highest BCUT2D eigenvalue weighted by Crippen LogP contribution is 2.28. The molecule has 2 aromatic rings. The zero-order chi connectivity index (χ0) is 13.5. The van der Waals surface area contributed by atoms with E-state index in [2.05, 4.69) is 21.0 Å². The minimum atomic E-state index is -0.578. The third-order valence-electron chi connectivity index (χ3n) is 2.26. The van der Waals surface area contributed by atoms with Crippen molar-refractivity contribution in [2.45, 2.75) is 26.4 Å². The lowest BCUT2D eigenvalue weighted by atomic mass is 10.2. The first-order chi connectivity index (χ1) is 8.29. The molecule has 0 aliphatic carbocycles. The van der Waals surface area contributed by atoms with Crippen molar-refractivity contribution < 1.29 is 9.53 Å². The Morgan fingerprint density at radius 3 is 2.72 bits per heavy atom. The highest BCUT2D eigenvalue weighted by Gasteiger charge is 2.22.